The number of anilines is 1. The van der Waals surface area contributed by atoms with Crippen LogP contribution >= 0.6 is 0 Å². The molecule has 7 heteroatoms. The second-order valence-corrected chi connectivity index (χ2v) is 6.28. The highest BCUT2D eigenvalue weighted by Gasteiger charge is 2.24. The smallest absolute Gasteiger partial charge is 0.243 e. The van der Waals surface area contributed by atoms with Gasteiger partial charge in [-0.1, -0.05) is 0 Å². The van der Waals surface area contributed by atoms with Gasteiger partial charge in [-0.2, -0.15) is 5.43 Å². The van der Waals surface area contributed by atoms with Crippen LogP contribution in [-0.2, 0) is 17.6 Å². The molecule has 23 heavy (non-hydrogen) atoms. The molecule has 1 saturated heterocycles. The fourth-order valence-corrected chi connectivity index (χ4v) is 3.46. The SMILES string of the molecule is [O-][NH+]1NC(=NCCN2CCOCC2)Nc2cc3c(cc21)CCC3. The first-order chi connectivity index (χ1) is 11.3. The van der Waals surface area contributed by atoms with E-state index in [1.807, 2.05) is 6.07 Å². The Balaban J connectivity index is 1.42. The number of morpholine rings is 1. The molecular weight excluding hydrogens is 294 g/mol. The van der Waals surface area contributed by atoms with Crippen molar-refractivity contribution in [3.63, 3.8) is 0 Å². The second-order valence-electron chi connectivity index (χ2n) is 6.28. The molecule has 2 heterocycles. The number of hydrogen-bond donors (Lipinski definition) is 3. The summed E-state index contributed by atoms with van der Waals surface area (Å²) in [6.45, 7) is 5.07. The normalized spacial score (nSPS) is 25.6. The van der Waals surface area contributed by atoms with Crippen molar-refractivity contribution < 1.29 is 9.91 Å². The summed E-state index contributed by atoms with van der Waals surface area (Å²) < 4.78 is 5.34. The Morgan fingerprint density at radius 3 is 2.83 bits per heavy atom. The van der Waals surface area contributed by atoms with E-state index in [9.17, 15) is 5.21 Å². The summed E-state index contributed by atoms with van der Waals surface area (Å²) in [6, 6.07) is 4.15. The van der Waals surface area contributed by atoms with Crippen LogP contribution in [0.5, 0.6) is 0 Å². The molecule has 3 N–H and O–H groups in total. The lowest BCUT2D eigenvalue weighted by Crippen LogP contribution is -3.11. The molecule has 0 bridgehead atoms. The minimum atomic E-state index is -0.0569. The van der Waals surface area contributed by atoms with Crippen LogP contribution in [0.25, 0.3) is 0 Å². The maximum atomic E-state index is 12.3. The van der Waals surface area contributed by atoms with E-state index < -0.39 is 0 Å². The lowest BCUT2D eigenvalue weighted by Gasteiger charge is -2.31. The number of quaternary nitrogens is 1. The Bertz CT molecular complexity index is 613. The Morgan fingerprint density at radius 1 is 1.22 bits per heavy atom. The van der Waals surface area contributed by atoms with Crippen LogP contribution in [0.2, 0.25) is 0 Å². The third-order valence-electron chi connectivity index (χ3n) is 4.75. The molecular formula is C16H23N5O2. The molecule has 1 fully saturated rings. The first-order valence-electron chi connectivity index (χ1n) is 8.38. The van der Waals surface area contributed by atoms with Crippen molar-refractivity contribution in [2.45, 2.75) is 19.3 Å². The number of guanidine groups is 1. The molecule has 0 spiro atoms. The number of fused-ring (bicyclic) bond motifs is 2. The summed E-state index contributed by atoms with van der Waals surface area (Å²) >= 11 is 0. The number of rotatable bonds is 3. The van der Waals surface area contributed by atoms with Gasteiger partial charge in [0, 0.05) is 25.7 Å². The predicted molar refractivity (Wildman–Crippen MR) is 88.8 cm³/mol. The average Bonchev–Trinajstić information content (AvgIpc) is 3.02. The van der Waals surface area contributed by atoms with Crippen molar-refractivity contribution in [3.05, 3.63) is 28.5 Å². The second kappa shape index (κ2) is 6.45. The van der Waals surface area contributed by atoms with Gasteiger partial charge in [-0.15, -0.1) is 0 Å². The van der Waals surface area contributed by atoms with Crippen LogP contribution in [0, 0.1) is 5.21 Å². The number of aliphatic imine (C=N–C) groups is 1. The Morgan fingerprint density at radius 2 is 2.00 bits per heavy atom. The van der Waals surface area contributed by atoms with E-state index in [-0.39, 0.29) is 5.17 Å². The molecule has 0 aromatic heterocycles. The summed E-state index contributed by atoms with van der Waals surface area (Å²) in [4.78, 5) is 6.84. The van der Waals surface area contributed by atoms with E-state index in [1.165, 1.54) is 17.5 Å². The van der Waals surface area contributed by atoms with Crippen LogP contribution in [0.4, 0.5) is 11.4 Å². The molecule has 0 amide bonds. The fraction of sp³-hybridized carbons (Fsp3) is 0.562. The van der Waals surface area contributed by atoms with Gasteiger partial charge < -0.3 is 15.3 Å². The fourth-order valence-electron chi connectivity index (χ4n) is 3.46. The lowest BCUT2D eigenvalue weighted by molar-refractivity contribution is -0.816. The quantitative estimate of drug-likeness (QED) is 0.674. The van der Waals surface area contributed by atoms with Gasteiger partial charge in [-0.05, 0) is 36.5 Å². The Kier molecular flexibility index (Phi) is 4.17. The lowest BCUT2D eigenvalue weighted by atomic mass is 10.1. The standard InChI is InChI=1S/C16H23N5O2/c22-21-15-11-13-3-1-2-12(13)10-14(15)18-16(19-21)17-4-5-20-6-8-23-9-7-20/h10-11,21H,1-9H2,(H2,17,18,19). The zero-order valence-electron chi connectivity index (χ0n) is 13.2. The zero-order chi connectivity index (χ0) is 15.6. The highest BCUT2D eigenvalue weighted by atomic mass is 16.5. The van der Waals surface area contributed by atoms with Crippen LogP contribution in [0.3, 0.4) is 0 Å². The highest BCUT2D eigenvalue weighted by molar-refractivity contribution is 5.96. The zero-order valence-corrected chi connectivity index (χ0v) is 13.2. The van der Waals surface area contributed by atoms with Crippen molar-refractivity contribution in [2.75, 3.05) is 44.7 Å². The molecule has 0 saturated carbocycles. The van der Waals surface area contributed by atoms with E-state index >= 15 is 0 Å². The average molecular weight is 317 g/mol. The topological polar surface area (TPSA) is 76.4 Å². The van der Waals surface area contributed by atoms with Crippen molar-refractivity contribution in [2.24, 2.45) is 4.99 Å². The molecule has 1 aliphatic carbocycles. The molecule has 7 nitrogen and oxygen atoms in total. The number of hydrogen-bond acceptors (Lipinski definition) is 4. The summed E-state index contributed by atoms with van der Waals surface area (Å²) in [5.41, 5.74) is 7.15. The van der Waals surface area contributed by atoms with Gasteiger partial charge in [0.25, 0.3) is 0 Å². The number of nitrogens with zero attached hydrogens (tertiary/aromatic N) is 2. The minimum absolute atomic E-state index is 0.0569. The van der Waals surface area contributed by atoms with Crippen molar-refractivity contribution in [1.82, 2.24) is 10.3 Å². The minimum Gasteiger partial charge on any atom is -0.603 e. The maximum Gasteiger partial charge on any atom is 0.243 e. The molecule has 124 valence electrons. The first-order valence-corrected chi connectivity index (χ1v) is 8.38. The van der Waals surface area contributed by atoms with Gasteiger partial charge in [0.1, 0.15) is 5.69 Å². The third-order valence-corrected chi connectivity index (χ3v) is 4.75. The summed E-state index contributed by atoms with van der Waals surface area (Å²) in [5.74, 6) is 0.564. The number of ether oxygens (including phenoxy) is 1. The summed E-state index contributed by atoms with van der Waals surface area (Å²) in [5, 5.41) is 15.5. The third kappa shape index (κ3) is 3.18. The summed E-state index contributed by atoms with van der Waals surface area (Å²) in [6.07, 6.45) is 3.37. The molecule has 1 aromatic carbocycles. The van der Waals surface area contributed by atoms with Crippen LogP contribution in [0.15, 0.2) is 17.1 Å². The maximum absolute atomic E-state index is 12.3. The van der Waals surface area contributed by atoms with Gasteiger partial charge >= 0.3 is 0 Å². The number of nitrogens with one attached hydrogen (secondary N) is 3. The summed E-state index contributed by atoms with van der Waals surface area (Å²) in [7, 11) is 0. The van der Waals surface area contributed by atoms with Crippen LogP contribution < -0.4 is 15.9 Å². The van der Waals surface area contributed by atoms with E-state index in [1.54, 1.807) is 0 Å². The van der Waals surface area contributed by atoms with Gasteiger partial charge in [0.15, 0.2) is 5.69 Å². The van der Waals surface area contributed by atoms with Gasteiger partial charge in [-0.3, -0.25) is 4.90 Å². The van der Waals surface area contributed by atoms with Crippen molar-refractivity contribution >= 4 is 17.3 Å². The number of benzene rings is 1. The number of aryl methyl sites for hydroxylation is 2. The molecule has 4 rings (SSSR count). The molecule has 1 unspecified atom stereocenters. The molecule has 0 radical (unpaired) electrons. The Labute approximate surface area is 135 Å². The monoisotopic (exact) mass is 317 g/mol. The molecule has 2 aliphatic heterocycles. The Hall–Kier alpha value is -1.67. The first kappa shape index (κ1) is 14.9. The van der Waals surface area contributed by atoms with E-state index in [4.69, 9.17) is 4.74 Å². The van der Waals surface area contributed by atoms with E-state index in [0.717, 1.165) is 57.1 Å². The van der Waals surface area contributed by atoms with Crippen molar-refractivity contribution in [1.29, 1.82) is 0 Å². The van der Waals surface area contributed by atoms with Gasteiger partial charge in [-0.25, -0.2) is 10.2 Å². The van der Waals surface area contributed by atoms with Gasteiger partial charge in [0.05, 0.1) is 19.8 Å². The van der Waals surface area contributed by atoms with Crippen LogP contribution in [-0.4, -0.2) is 50.3 Å². The van der Waals surface area contributed by atoms with Crippen molar-refractivity contribution in [3.8, 4) is 0 Å². The van der Waals surface area contributed by atoms with Gasteiger partial charge in [0.2, 0.25) is 5.96 Å². The largest absolute Gasteiger partial charge is 0.603 e. The predicted octanol–water partition coefficient (Wildman–Crippen LogP) is -0.192. The highest BCUT2D eigenvalue weighted by Crippen LogP contribution is 2.30. The van der Waals surface area contributed by atoms with Crippen LogP contribution in [0.1, 0.15) is 17.5 Å². The molecule has 1 aromatic rings. The van der Waals surface area contributed by atoms with E-state index in [0.29, 0.717) is 12.5 Å². The van der Waals surface area contributed by atoms with E-state index in [2.05, 4.69) is 26.7 Å². The molecule has 3 aliphatic rings. The molecule has 1 atom stereocenters.